The maximum Gasteiger partial charge on any atom is 0.429 e. The Morgan fingerprint density at radius 1 is 0.880 bits per heavy atom. The largest absolute Gasteiger partial charge is 0.429 e. The summed E-state index contributed by atoms with van der Waals surface area (Å²) < 4.78 is 97.1. The molecule has 2 aromatic carbocycles. The van der Waals surface area contributed by atoms with Gasteiger partial charge < -0.3 is 4.74 Å². The second kappa shape index (κ2) is 8.00. The van der Waals surface area contributed by atoms with Gasteiger partial charge in [0.05, 0.1) is 5.56 Å². The van der Waals surface area contributed by atoms with E-state index in [0.717, 1.165) is 0 Å². The van der Waals surface area contributed by atoms with E-state index in [0.29, 0.717) is 12.1 Å². The molecule has 0 bridgehead atoms. The first-order valence-electron chi connectivity index (χ1n) is 6.82. The van der Waals surface area contributed by atoms with E-state index in [1.807, 2.05) is 13.8 Å². The monoisotopic (exact) mass is 368 g/mol. The lowest BCUT2D eigenvalue weighted by Crippen LogP contribution is -2.24. The van der Waals surface area contributed by atoms with Gasteiger partial charge >= 0.3 is 6.11 Å². The quantitative estimate of drug-likeness (QED) is 0.413. The number of carbonyl (C=O) groups is 1. The van der Waals surface area contributed by atoms with Crippen molar-refractivity contribution in [2.24, 2.45) is 0 Å². The number of ether oxygens (including phenoxy) is 1. The molecule has 0 saturated heterocycles. The van der Waals surface area contributed by atoms with Crippen molar-refractivity contribution in [1.29, 1.82) is 0 Å². The van der Waals surface area contributed by atoms with Crippen LogP contribution in [0.1, 0.15) is 29.8 Å². The summed E-state index contributed by atoms with van der Waals surface area (Å²) in [6, 6.07) is 1.17. The summed E-state index contributed by atoms with van der Waals surface area (Å²) in [4.78, 5) is 10.4. The summed E-state index contributed by atoms with van der Waals surface area (Å²) in [6.07, 6.45) is -4.63. The van der Waals surface area contributed by atoms with E-state index in [4.69, 9.17) is 0 Å². The van der Waals surface area contributed by atoms with Gasteiger partial charge in [-0.05, 0) is 12.1 Å². The molecule has 0 atom stereocenters. The fourth-order valence-electron chi connectivity index (χ4n) is 1.67. The van der Waals surface area contributed by atoms with Crippen molar-refractivity contribution in [3.8, 4) is 5.75 Å². The van der Waals surface area contributed by atoms with Crippen LogP contribution in [0.3, 0.4) is 0 Å². The Morgan fingerprint density at radius 3 is 1.88 bits per heavy atom. The molecule has 25 heavy (non-hydrogen) atoms. The molecule has 0 aromatic heterocycles. The molecule has 0 spiro atoms. The first kappa shape index (κ1) is 20.5. The van der Waals surface area contributed by atoms with E-state index in [9.17, 15) is 35.5 Å². The highest BCUT2D eigenvalue weighted by Crippen LogP contribution is 2.35. The Morgan fingerprint density at radius 2 is 1.40 bits per heavy atom. The number of benzene rings is 2. The minimum absolute atomic E-state index is 0.0914. The Balaban J connectivity index is 0.00000151. The van der Waals surface area contributed by atoms with E-state index in [-0.39, 0.29) is 18.4 Å². The first-order chi connectivity index (χ1) is 11.7. The molecule has 0 amide bonds. The average molecular weight is 368 g/mol. The number of halogens is 7. The molecule has 0 aliphatic carbocycles. The molecule has 0 fully saturated rings. The van der Waals surface area contributed by atoms with Crippen LogP contribution in [0.4, 0.5) is 30.7 Å². The van der Waals surface area contributed by atoms with Gasteiger partial charge in [0.1, 0.15) is 11.3 Å². The third-order valence-electron chi connectivity index (χ3n) is 2.76. The highest BCUT2D eigenvalue weighted by atomic mass is 19.3. The molecule has 0 N–H and O–H groups in total. The molecular weight excluding hydrogens is 357 g/mol. The van der Waals surface area contributed by atoms with Gasteiger partial charge in [0.2, 0.25) is 0 Å². The predicted molar refractivity (Wildman–Crippen MR) is 73.9 cm³/mol. The van der Waals surface area contributed by atoms with Gasteiger partial charge in [-0.1, -0.05) is 13.8 Å². The van der Waals surface area contributed by atoms with Gasteiger partial charge in [-0.3, -0.25) is 4.79 Å². The van der Waals surface area contributed by atoms with Gasteiger partial charge in [-0.15, -0.1) is 0 Å². The van der Waals surface area contributed by atoms with Crippen LogP contribution < -0.4 is 4.74 Å². The van der Waals surface area contributed by atoms with Gasteiger partial charge in [-0.25, -0.2) is 22.0 Å². The van der Waals surface area contributed by atoms with E-state index >= 15 is 0 Å². The minimum atomic E-state index is -4.54. The van der Waals surface area contributed by atoms with Crippen LogP contribution >= 0.6 is 0 Å². The van der Waals surface area contributed by atoms with Crippen LogP contribution in [0, 0.1) is 29.1 Å². The van der Waals surface area contributed by atoms with Gasteiger partial charge in [0.15, 0.2) is 35.4 Å². The van der Waals surface area contributed by atoms with Crippen molar-refractivity contribution in [1.82, 2.24) is 0 Å². The van der Waals surface area contributed by atoms with Crippen LogP contribution in [0.25, 0.3) is 0 Å². The first-order valence-corrected chi connectivity index (χ1v) is 6.82. The van der Waals surface area contributed by atoms with Crippen LogP contribution in [0.5, 0.6) is 5.75 Å². The number of aldehydes is 1. The molecule has 0 saturated carbocycles. The van der Waals surface area contributed by atoms with Crippen LogP contribution in [0.15, 0.2) is 24.3 Å². The highest BCUT2D eigenvalue weighted by Gasteiger charge is 2.39. The van der Waals surface area contributed by atoms with E-state index in [1.54, 1.807) is 0 Å². The second-order valence-electron chi connectivity index (χ2n) is 4.27. The van der Waals surface area contributed by atoms with Gasteiger partial charge in [-0.2, -0.15) is 8.78 Å². The van der Waals surface area contributed by atoms with Gasteiger partial charge in [0.25, 0.3) is 0 Å². The fourth-order valence-corrected chi connectivity index (χ4v) is 1.67. The van der Waals surface area contributed by atoms with E-state index < -0.39 is 52.1 Å². The Kier molecular flexibility index (Phi) is 6.55. The number of rotatable bonds is 4. The summed E-state index contributed by atoms with van der Waals surface area (Å²) in [5, 5.41) is 0. The molecule has 2 nitrogen and oxygen atoms in total. The third kappa shape index (κ3) is 4.28. The lowest BCUT2D eigenvalue weighted by Gasteiger charge is -2.19. The van der Waals surface area contributed by atoms with Crippen LogP contribution in [-0.2, 0) is 6.11 Å². The molecular formula is C16H11F7O2. The van der Waals surface area contributed by atoms with Crippen molar-refractivity contribution in [2.45, 2.75) is 20.0 Å². The molecule has 0 unspecified atom stereocenters. The normalized spacial score (nSPS) is 10.8. The van der Waals surface area contributed by atoms with E-state index in [2.05, 4.69) is 4.74 Å². The van der Waals surface area contributed by atoms with Crippen molar-refractivity contribution in [3.63, 3.8) is 0 Å². The zero-order valence-corrected chi connectivity index (χ0v) is 12.8. The third-order valence-corrected chi connectivity index (χ3v) is 2.76. The maximum atomic E-state index is 13.8. The summed E-state index contributed by atoms with van der Waals surface area (Å²) in [7, 11) is 0. The molecule has 2 aromatic rings. The Hall–Kier alpha value is -2.58. The molecule has 2 rings (SSSR count). The van der Waals surface area contributed by atoms with Crippen molar-refractivity contribution < 1.29 is 40.3 Å². The Bertz CT molecular complexity index is 752. The average Bonchev–Trinajstić information content (AvgIpc) is 2.56. The smallest absolute Gasteiger partial charge is 0.429 e. The van der Waals surface area contributed by atoms with E-state index in [1.165, 1.54) is 0 Å². The zero-order chi connectivity index (χ0) is 19.4. The fraction of sp³-hybridized carbons (Fsp3) is 0.188. The summed E-state index contributed by atoms with van der Waals surface area (Å²) >= 11 is 0. The number of alkyl halides is 2. The standard InChI is InChI=1S/C14H5F7O2.C2H6/c15-9-3-7(4-10(16)13(9)19)23-14(20,21)8-2-1-6(5-22)11(17)12(8)18;1-2/h1-5H;1-2H3. The molecule has 136 valence electrons. The van der Waals surface area contributed by atoms with Gasteiger partial charge in [0, 0.05) is 12.1 Å². The predicted octanol–water partition coefficient (Wildman–Crippen LogP) is 5.35. The minimum Gasteiger partial charge on any atom is -0.429 e. The number of carbonyl (C=O) groups excluding carboxylic acids is 1. The number of hydrogen-bond acceptors (Lipinski definition) is 2. The zero-order valence-electron chi connectivity index (χ0n) is 12.8. The lowest BCUT2D eigenvalue weighted by molar-refractivity contribution is -0.188. The maximum absolute atomic E-state index is 13.8. The number of hydrogen-bond donors (Lipinski definition) is 0. The summed E-state index contributed by atoms with van der Waals surface area (Å²) in [5.41, 5.74) is -2.41. The molecule has 0 radical (unpaired) electrons. The second-order valence-corrected chi connectivity index (χ2v) is 4.27. The van der Waals surface area contributed by atoms with Crippen LogP contribution in [-0.4, -0.2) is 6.29 Å². The van der Waals surface area contributed by atoms with Crippen molar-refractivity contribution >= 4 is 6.29 Å². The summed E-state index contributed by atoms with van der Waals surface area (Å²) in [5.74, 6) is -10.6. The lowest BCUT2D eigenvalue weighted by atomic mass is 10.1. The molecule has 0 heterocycles. The molecule has 0 aliphatic heterocycles. The summed E-state index contributed by atoms with van der Waals surface area (Å²) in [6.45, 7) is 4.00. The highest BCUT2D eigenvalue weighted by molar-refractivity contribution is 5.75. The molecule has 0 aliphatic rings. The molecule has 9 heteroatoms. The van der Waals surface area contributed by atoms with Crippen molar-refractivity contribution in [3.05, 3.63) is 64.5 Å². The SMILES string of the molecule is CC.O=Cc1ccc(C(F)(F)Oc2cc(F)c(F)c(F)c2)c(F)c1F. The van der Waals surface area contributed by atoms with Crippen LogP contribution in [0.2, 0.25) is 0 Å². The topological polar surface area (TPSA) is 26.3 Å². The Labute approximate surface area is 137 Å². The van der Waals surface area contributed by atoms with Crippen molar-refractivity contribution in [2.75, 3.05) is 0 Å².